The lowest BCUT2D eigenvalue weighted by molar-refractivity contribution is -0.143. The molecule has 0 spiro atoms. The van der Waals surface area contributed by atoms with E-state index in [4.69, 9.17) is 4.98 Å². The summed E-state index contributed by atoms with van der Waals surface area (Å²) in [7, 11) is 1.24. The smallest absolute Gasteiger partial charge is 0.308 e. The molecule has 1 heterocycles. The molecule has 0 bridgehead atoms. The van der Waals surface area contributed by atoms with Gasteiger partial charge >= 0.3 is 5.97 Å². The molecule has 0 amide bonds. The lowest BCUT2D eigenvalue weighted by atomic mass is 9.87. The first kappa shape index (κ1) is 26.6. The number of aliphatic hydroxyl groups is 3. The number of aliphatic hydroxyl groups excluding tert-OH is 3. The van der Waals surface area contributed by atoms with Gasteiger partial charge in [0.05, 0.1) is 38.0 Å². The zero-order valence-electron chi connectivity index (χ0n) is 19.9. The molecule has 1 aromatic heterocycles. The Morgan fingerprint density at radius 1 is 1.09 bits per heavy atom. The largest absolute Gasteiger partial charge is 0.469 e. The van der Waals surface area contributed by atoms with Crippen LogP contribution in [0, 0.1) is 5.82 Å². The molecule has 0 fully saturated rings. The molecule has 6 nitrogen and oxygen atoms in total. The monoisotopic (exact) mass is 459 g/mol. The first-order valence-corrected chi connectivity index (χ1v) is 11.1. The standard InChI is InChI=1S/C26H34FNO5/c1-15(2)25-21(11-10-19(30)12-20(31)13-23(32)33-5)24(17-6-8-18(27)9-7-17)22(14-29)26(28-25)16(3)4/h6-11,15-16,19-20,29-31H,12-14H2,1-5H3/b11-10+. The molecule has 2 rings (SSSR count). The van der Waals surface area contributed by atoms with Gasteiger partial charge in [-0.15, -0.1) is 0 Å². The van der Waals surface area contributed by atoms with E-state index in [2.05, 4.69) is 4.74 Å². The van der Waals surface area contributed by atoms with Crippen LogP contribution in [-0.2, 0) is 16.1 Å². The van der Waals surface area contributed by atoms with Crippen LogP contribution < -0.4 is 0 Å². The minimum atomic E-state index is -1.05. The molecule has 0 radical (unpaired) electrons. The maximum absolute atomic E-state index is 13.6. The average Bonchev–Trinajstić information content (AvgIpc) is 2.76. The molecule has 7 heteroatoms. The summed E-state index contributed by atoms with van der Waals surface area (Å²) in [4.78, 5) is 16.2. The van der Waals surface area contributed by atoms with Crippen molar-refractivity contribution in [3.63, 3.8) is 0 Å². The number of esters is 1. The molecule has 33 heavy (non-hydrogen) atoms. The topological polar surface area (TPSA) is 99.9 Å². The minimum Gasteiger partial charge on any atom is -0.469 e. The number of hydrogen-bond acceptors (Lipinski definition) is 6. The number of pyridine rings is 1. The van der Waals surface area contributed by atoms with Crippen molar-refractivity contribution in [2.45, 2.75) is 71.2 Å². The quantitative estimate of drug-likeness (QED) is 0.458. The van der Waals surface area contributed by atoms with Gasteiger partial charge in [0.25, 0.3) is 0 Å². The number of rotatable bonds is 10. The Labute approximate surface area is 194 Å². The normalized spacial score (nSPS) is 13.7. The molecule has 0 aliphatic rings. The van der Waals surface area contributed by atoms with Gasteiger partial charge in [-0.3, -0.25) is 9.78 Å². The van der Waals surface area contributed by atoms with Crippen molar-refractivity contribution in [2.75, 3.05) is 7.11 Å². The van der Waals surface area contributed by atoms with Gasteiger partial charge in [-0.2, -0.15) is 0 Å². The fraction of sp³-hybridized carbons (Fsp3) is 0.462. The molecule has 2 aromatic rings. The van der Waals surface area contributed by atoms with Crippen molar-refractivity contribution in [3.05, 3.63) is 58.7 Å². The van der Waals surface area contributed by atoms with Crippen molar-refractivity contribution in [2.24, 2.45) is 0 Å². The first-order valence-electron chi connectivity index (χ1n) is 11.1. The maximum atomic E-state index is 13.6. The molecule has 2 unspecified atom stereocenters. The van der Waals surface area contributed by atoms with Crippen LogP contribution in [-0.4, -0.2) is 45.6 Å². The van der Waals surface area contributed by atoms with E-state index in [1.165, 1.54) is 25.3 Å². The Bertz CT molecular complexity index is 970. The van der Waals surface area contributed by atoms with E-state index in [9.17, 15) is 24.5 Å². The van der Waals surface area contributed by atoms with Gasteiger partial charge in [0, 0.05) is 23.2 Å². The summed E-state index contributed by atoms with van der Waals surface area (Å²) in [6, 6.07) is 6.05. The Morgan fingerprint density at radius 2 is 1.70 bits per heavy atom. The van der Waals surface area contributed by atoms with Crippen LogP contribution in [0.25, 0.3) is 17.2 Å². The zero-order chi connectivity index (χ0) is 24.7. The van der Waals surface area contributed by atoms with Gasteiger partial charge in [0.2, 0.25) is 0 Å². The molecule has 0 saturated heterocycles. The van der Waals surface area contributed by atoms with Crippen molar-refractivity contribution in [1.29, 1.82) is 0 Å². The second-order valence-corrected chi connectivity index (χ2v) is 8.72. The highest BCUT2D eigenvalue weighted by molar-refractivity contribution is 5.80. The third-order valence-corrected chi connectivity index (χ3v) is 5.41. The Kier molecular flexibility index (Phi) is 9.70. The average molecular weight is 460 g/mol. The molecule has 0 aliphatic carbocycles. The van der Waals surface area contributed by atoms with Crippen molar-refractivity contribution in [1.82, 2.24) is 4.98 Å². The fourth-order valence-electron chi connectivity index (χ4n) is 3.79. The van der Waals surface area contributed by atoms with Gasteiger partial charge in [-0.05, 0) is 35.1 Å². The molecule has 0 saturated carbocycles. The number of methoxy groups -OCH3 is 1. The SMILES string of the molecule is COC(=O)CC(O)CC(O)/C=C/c1c(C(C)C)nc(C(C)C)c(CO)c1-c1ccc(F)cc1. The van der Waals surface area contributed by atoms with E-state index in [1.54, 1.807) is 18.2 Å². The van der Waals surface area contributed by atoms with Crippen molar-refractivity contribution in [3.8, 4) is 11.1 Å². The van der Waals surface area contributed by atoms with Crippen LogP contribution in [0.4, 0.5) is 4.39 Å². The number of aromatic nitrogens is 1. The van der Waals surface area contributed by atoms with Crippen LogP contribution in [0.5, 0.6) is 0 Å². The predicted octanol–water partition coefficient (Wildman–Crippen LogP) is 4.32. The van der Waals surface area contributed by atoms with Crippen molar-refractivity contribution >= 4 is 12.0 Å². The number of benzene rings is 1. The van der Waals surface area contributed by atoms with Crippen LogP contribution in [0.15, 0.2) is 30.3 Å². The summed E-state index contributed by atoms with van der Waals surface area (Å²) in [6.07, 6.45) is 0.935. The highest BCUT2D eigenvalue weighted by atomic mass is 19.1. The molecule has 1 aromatic carbocycles. The summed E-state index contributed by atoms with van der Waals surface area (Å²) in [6.45, 7) is 7.78. The summed E-state index contributed by atoms with van der Waals surface area (Å²) in [5, 5.41) is 30.7. The second-order valence-electron chi connectivity index (χ2n) is 8.72. The van der Waals surface area contributed by atoms with Crippen LogP contribution in [0.2, 0.25) is 0 Å². The van der Waals surface area contributed by atoms with Gasteiger partial charge in [0.1, 0.15) is 5.82 Å². The number of ether oxygens (including phenoxy) is 1. The lowest BCUT2D eigenvalue weighted by Gasteiger charge is -2.23. The van der Waals surface area contributed by atoms with Gasteiger partial charge < -0.3 is 20.1 Å². The third-order valence-electron chi connectivity index (χ3n) is 5.41. The second kappa shape index (κ2) is 12.0. The predicted molar refractivity (Wildman–Crippen MR) is 126 cm³/mol. The van der Waals surface area contributed by atoms with E-state index in [0.717, 1.165) is 22.5 Å². The molecule has 180 valence electrons. The van der Waals surface area contributed by atoms with Crippen LogP contribution >= 0.6 is 0 Å². The zero-order valence-corrected chi connectivity index (χ0v) is 19.9. The molecule has 0 aliphatic heterocycles. The summed E-state index contributed by atoms with van der Waals surface area (Å²) >= 11 is 0. The Hall–Kier alpha value is -2.61. The number of hydrogen-bond donors (Lipinski definition) is 3. The minimum absolute atomic E-state index is 0.0381. The van der Waals surface area contributed by atoms with Gasteiger partial charge in [0.15, 0.2) is 0 Å². The Morgan fingerprint density at radius 3 is 2.21 bits per heavy atom. The number of halogens is 1. The fourth-order valence-corrected chi connectivity index (χ4v) is 3.79. The highest BCUT2D eigenvalue weighted by Crippen LogP contribution is 2.37. The maximum Gasteiger partial charge on any atom is 0.308 e. The summed E-state index contributed by atoms with van der Waals surface area (Å²) in [5.41, 5.74) is 4.39. The van der Waals surface area contributed by atoms with E-state index in [-0.39, 0.29) is 37.1 Å². The molecular weight excluding hydrogens is 425 g/mol. The molecule has 3 N–H and O–H groups in total. The van der Waals surface area contributed by atoms with E-state index in [1.807, 2.05) is 27.7 Å². The number of carbonyl (C=O) groups excluding carboxylic acids is 1. The van der Waals surface area contributed by atoms with E-state index >= 15 is 0 Å². The molecular formula is C26H34FNO5. The first-order chi connectivity index (χ1) is 15.6. The number of carbonyl (C=O) groups is 1. The summed E-state index contributed by atoms with van der Waals surface area (Å²) < 4.78 is 18.2. The van der Waals surface area contributed by atoms with Crippen LogP contribution in [0.3, 0.4) is 0 Å². The summed E-state index contributed by atoms with van der Waals surface area (Å²) in [5.74, 6) is -0.823. The lowest BCUT2D eigenvalue weighted by Crippen LogP contribution is -2.20. The van der Waals surface area contributed by atoms with Gasteiger partial charge in [-0.25, -0.2) is 4.39 Å². The Balaban J connectivity index is 2.60. The van der Waals surface area contributed by atoms with Gasteiger partial charge in [-0.1, -0.05) is 52.0 Å². The van der Waals surface area contributed by atoms with Crippen molar-refractivity contribution < 1.29 is 29.2 Å². The third kappa shape index (κ3) is 6.93. The number of nitrogens with zero attached hydrogens (tertiary/aromatic N) is 1. The molecule has 2 atom stereocenters. The highest BCUT2D eigenvalue weighted by Gasteiger charge is 2.23. The van der Waals surface area contributed by atoms with E-state index < -0.39 is 18.2 Å². The van der Waals surface area contributed by atoms with Crippen LogP contribution in [0.1, 0.15) is 74.9 Å². The van der Waals surface area contributed by atoms with E-state index in [0.29, 0.717) is 11.1 Å².